The number of halogens is 1. The fourth-order valence-electron chi connectivity index (χ4n) is 1.59. The van der Waals surface area contributed by atoms with E-state index in [0.717, 1.165) is 15.8 Å². The number of carbonyl (C=O) groups is 1. The Morgan fingerprint density at radius 1 is 1.39 bits per heavy atom. The molecule has 0 fully saturated rings. The van der Waals surface area contributed by atoms with Gasteiger partial charge < -0.3 is 4.74 Å². The predicted molar refractivity (Wildman–Crippen MR) is 80.2 cm³/mol. The zero-order chi connectivity index (χ0) is 13.8. The number of carbonyl (C=O) groups excluding carboxylic acids is 1. The van der Waals surface area contributed by atoms with E-state index in [-0.39, 0.29) is 5.97 Å². The van der Waals surface area contributed by atoms with Crippen LogP contribution in [0.4, 0.5) is 0 Å². The van der Waals surface area contributed by atoms with Gasteiger partial charge >= 0.3 is 5.97 Å². The topological polar surface area (TPSA) is 26.3 Å². The van der Waals surface area contributed by atoms with Gasteiger partial charge in [-0.1, -0.05) is 13.0 Å². The molecule has 0 saturated carbocycles. The summed E-state index contributed by atoms with van der Waals surface area (Å²) in [4.78, 5) is 13.1. The quantitative estimate of drug-likeness (QED) is 0.591. The molecule has 0 atom stereocenters. The highest BCUT2D eigenvalue weighted by Gasteiger charge is 2.31. The molecule has 1 aromatic rings. The molecular weight excluding hydrogens is 312 g/mol. The average Bonchev–Trinajstić information content (AvgIpc) is 2.32. The van der Waals surface area contributed by atoms with Gasteiger partial charge in [0.25, 0.3) is 0 Å². The molecule has 100 valence electrons. The number of esters is 1. The van der Waals surface area contributed by atoms with Gasteiger partial charge in [0.15, 0.2) is 0 Å². The van der Waals surface area contributed by atoms with Crippen molar-refractivity contribution in [3.05, 3.63) is 28.2 Å². The summed E-state index contributed by atoms with van der Waals surface area (Å²) >= 11 is 5.33. The molecule has 0 heterocycles. The SMILES string of the molecule is CCOC(=O)C(C)(C)c1ccc(SCC)c(Br)c1. The van der Waals surface area contributed by atoms with Crippen LogP contribution in [0, 0.1) is 0 Å². The highest BCUT2D eigenvalue weighted by Crippen LogP contribution is 2.33. The Morgan fingerprint density at radius 2 is 2.06 bits per heavy atom. The molecule has 18 heavy (non-hydrogen) atoms. The second-order valence-electron chi connectivity index (χ2n) is 4.42. The maximum Gasteiger partial charge on any atom is 0.315 e. The van der Waals surface area contributed by atoms with Crippen molar-refractivity contribution in [2.24, 2.45) is 0 Å². The van der Waals surface area contributed by atoms with Gasteiger partial charge in [0, 0.05) is 9.37 Å². The van der Waals surface area contributed by atoms with E-state index in [9.17, 15) is 4.79 Å². The van der Waals surface area contributed by atoms with Gasteiger partial charge in [-0.05, 0) is 60.2 Å². The number of ether oxygens (including phenoxy) is 1. The molecule has 0 unspecified atom stereocenters. The van der Waals surface area contributed by atoms with Crippen molar-refractivity contribution in [1.29, 1.82) is 0 Å². The summed E-state index contributed by atoms with van der Waals surface area (Å²) in [6.07, 6.45) is 0. The van der Waals surface area contributed by atoms with E-state index in [0.29, 0.717) is 6.61 Å². The van der Waals surface area contributed by atoms with Crippen LogP contribution in [0.25, 0.3) is 0 Å². The third kappa shape index (κ3) is 3.51. The van der Waals surface area contributed by atoms with E-state index in [1.165, 1.54) is 4.90 Å². The maximum absolute atomic E-state index is 11.9. The van der Waals surface area contributed by atoms with Crippen molar-refractivity contribution < 1.29 is 9.53 Å². The Morgan fingerprint density at radius 3 is 2.56 bits per heavy atom. The molecular formula is C14H19BrO2S. The van der Waals surface area contributed by atoms with Gasteiger partial charge in [-0.3, -0.25) is 4.79 Å². The molecule has 0 aliphatic carbocycles. The Kier molecular flexibility index (Phi) is 5.73. The number of benzene rings is 1. The fraction of sp³-hybridized carbons (Fsp3) is 0.500. The van der Waals surface area contributed by atoms with Gasteiger partial charge in [-0.2, -0.15) is 0 Å². The largest absolute Gasteiger partial charge is 0.465 e. The summed E-state index contributed by atoms with van der Waals surface area (Å²) in [5.41, 5.74) is 0.349. The Balaban J connectivity index is 3.03. The molecule has 0 aromatic heterocycles. The standard InChI is InChI=1S/C14H19BrO2S/c1-5-17-13(16)14(3,4)10-7-8-12(18-6-2)11(15)9-10/h7-9H,5-6H2,1-4H3. The minimum absolute atomic E-state index is 0.187. The van der Waals surface area contributed by atoms with Crippen molar-refractivity contribution in [3.8, 4) is 0 Å². The third-order valence-electron chi connectivity index (χ3n) is 2.74. The van der Waals surface area contributed by atoms with Crippen LogP contribution >= 0.6 is 27.7 Å². The number of hydrogen-bond donors (Lipinski definition) is 0. The van der Waals surface area contributed by atoms with Crippen molar-refractivity contribution in [1.82, 2.24) is 0 Å². The summed E-state index contributed by atoms with van der Waals surface area (Å²) in [6, 6.07) is 6.06. The van der Waals surface area contributed by atoms with Crippen molar-refractivity contribution in [2.45, 2.75) is 38.0 Å². The van der Waals surface area contributed by atoms with Crippen LogP contribution in [0.5, 0.6) is 0 Å². The number of rotatable bonds is 5. The highest BCUT2D eigenvalue weighted by atomic mass is 79.9. The van der Waals surface area contributed by atoms with Gasteiger partial charge in [0.2, 0.25) is 0 Å². The Labute approximate surface area is 122 Å². The molecule has 2 nitrogen and oxygen atoms in total. The summed E-state index contributed by atoms with van der Waals surface area (Å²) < 4.78 is 6.15. The second-order valence-corrected chi connectivity index (χ2v) is 6.58. The molecule has 1 aromatic carbocycles. The monoisotopic (exact) mass is 330 g/mol. The van der Waals surface area contributed by atoms with Crippen LogP contribution in [-0.2, 0) is 14.9 Å². The van der Waals surface area contributed by atoms with Gasteiger partial charge in [-0.25, -0.2) is 0 Å². The molecule has 0 N–H and O–H groups in total. The summed E-state index contributed by atoms with van der Waals surface area (Å²) in [5, 5.41) is 0. The zero-order valence-corrected chi connectivity index (χ0v) is 13.7. The first-order valence-electron chi connectivity index (χ1n) is 6.03. The van der Waals surface area contributed by atoms with Crippen LogP contribution in [0.15, 0.2) is 27.6 Å². The molecule has 1 rings (SSSR count). The molecule has 0 amide bonds. The van der Waals surface area contributed by atoms with Crippen molar-refractivity contribution >= 4 is 33.7 Å². The smallest absolute Gasteiger partial charge is 0.315 e. The lowest BCUT2D eigenvalue weighted by atomic mass is 9.85. The number of hydrogen-bond acceptors (Lipinski definition) is 3. The molecule has 0 bridgehead atoms. The second kappa shape index (κ2) is 6.62. The normalized spacial score (nSPS) is 11.4. The van der Waals surface area contributed by atoms with E-state index < -0.39 is 5.41 Å². The van der Waals surface area contributed by atoms with E-state index in [1.54, 1.807) is 11.8 Å². The molecule has 0 aliphatic rings. The highest BCUT2D eigenvalue weighted by molar-refractivity contribution is 9.10. The molecule has 0 saturated heterocycles. The number of thioether (sulfide) groups is 1. The summed E-state index contributed by atoms with van der Waals surface area (Å²) in [6.45, 7) is 8.13. The Hall–Kier alpha value is -0.480. The first kappa shape index (κ1) is 15.6. The maximum atomic E-state index is 11.9. The lowest BCUT2D eigenvalue weighted by Gasteiger charge is -2.23. The molecule has 0 aliphatic heterocycles. The first-order chi connectivity index (χ1) is 8.43. The van der Waals surface area contributed by atoms with Crippen LogP contribution in [0.1, 0.15) is 33.3 Å². The average molecular weight is 331 g/mol. The fourth-order valence-corrected chi connectivity index (χ4v) is 2.99. The van der Waals surface area contributed by atoms with Gasteiger partial charge in [0.05, 0.1) is 12.0 Å². The molecule has 0 spiro atoms. The van der Waals surface area contributed by atoms with Crippen LogP contribution in [0.2, 0.25) is 0 Å². The van der Waals surface area contributed by atoms with Crippen molar-refractivity contribution in [2.75, 3.05) is 12.4 Å². The van der Waals surface area contributed by atoms with Gasteiger partial charge in [0.1, 0.15) is 0 Å². The van der Waals surface area contributed by atoms with E-state index in [4.69, 9.17) is 4.74 Å². The van der Waals surface area contributed by atoms with Crippen LogP contribution in [-0.4, -0.2) is 18.3 Å². The minimum Gasteiger partial charge on any atom is -0.465 e. The molecule has 0 radical (unpaired) electrons. The predicted octanol–water partition coefficient (Wildman–Crippen LogP) is 4.40. The summed E-state index contributed by atoms with van der Waals surface area (Å²) in [7, 11) is 0. The van der Waals surface area contributed by atoms with Crippen LogP contribution < -0.4 is 0 Å². The first-order valence-corrected chi connectivity index (χ1v) is 7.81. The lowest BCUT2D eigenvalue weighted by Crippen LogP contribution is -2.31. The van der Waals surface area contributed by atoms with Crippen LogP contribution in [0.3, 0.4) is 0 Å². The molecule has 4 heteroatoms. The third-order valence-corrected chi connectivity index (χ3v) is 4.61. The van der Waals surface area contributed by atoms with Gasteiger partial charge in [-0.15, -0.1) is 11.8 Å². The van der Waals surface area contributed by atoms with E-state index >= 15 is 0 Å². The Bertz CT molecular complexity index is 430. The minimum atomic E-state index is -0.617. The van der Waals surface area contributed by atoms with E-state index in [2.05, 4.69) is 28.9 Å². The van der Waals surface area contributed by atoms with E-state index in [1.807, 2.05) is 32.9 Å². The summed E-state index contributed by atoms with van der Waals surface area (Å²) in [5.74, 6) is 0.840. The lowest BCUT2D eigenvalue weighted by molar-refractivity contribution is -0.148. The van der Waals surface area contributed by atoms with Crippen molar-refractivity contribution in [3.63, 3.8) is 0 Å². The zero-order valence-electron chi connectivity index (χ0n) is 11.2.